The van der Waals surface area contributed by atoms with E-state index in [1.807, 2.05) is 0 Å². The van der Waals surface area contributed by atoms with Crippen LogP contribution in [0.4, 0.5) is 4.79 Å². The Morgan fingerprint density at radius 3 is 2.36 bits per heavy atom. The van der Waals surface area contributed by atoms with Crippen LogP contribution >= 0.6 is 0 Å². The molecule has 0 saturated heterocycles. The maximum Gasteiger partial charge on any atom is 0.433 e. The lowest BCUT2D eigenvalue weighted by Crippen LogP contribution is -2.21. The van der Waals surface area contributed by atoms with Crippen LogP contribution < -0.4 is 5.32 Å². The molecule has 0 radical (unpaired) electrons. The maximum atomic E-state index is 11.3. The highest BCUT2D eigenvalue weighted by molar-refractivity contribution is 8.06. The lowest BCUT2D eigenvalue weighted by molar-refractivity contribution is 0.153. The number of sulfone groups is 1. The first-order valence-corrected chi connectivity index (χ1v) is 5.81. The third-order valence-electron chi connectivity index (χ3n) is 1.48. The normalized spacial score (nSPS) is 12.4. The van der Waals surface area contributed by atoms with E-state index in [1.54, 1.807) is 6.92 Å². The number of nitrogens with zero attached hydrogens (tertiary/aromatic N) is 1. The van der Waals surface area contributed by atoms with Gasteiger partial charge in [-0.05, 0) is 0 Å². The van der Waals surface area contributed by atoms with Gasteiger partial charge in [0.2, 0.25) is 0 Å². The van der Waals surface area contributed by atoms with Gasteiger partial charge in [0.25, 0.3) is 0 Å². The standard InChI is InChI=1S/C7H14N2O4S/c1-4-6(14(11,12)5-2)9-13-7(10)8-3/h4-5H2,1-3H3,(H,8,10). The first-order valence-electron chi connectivity index (χ1n) is 4.16. The van der Waals surface area contributed by atoms with Gasteiger partial charge in [-0.25, -0.2) is 13.2 Å². The van der Waals surface area contributed by atoms with E-state index in [4.69, 9.17) is 0 Å². The molecule has 14 heavy (non-hydrogen) atoms. The smallest absolute Gasteiger partial charge is 0.323 e. The molecule has 0 spiro atoms. The van der Waals surface area contributed by atoms with Crippen molar-refractivity contribution in [1.82, 2.24) is 5.32 Å². The van der Waals surface area contributed by atoms with Crippen LogP contribution in [0.5, 0.6) is 0 Å². The van der Waals surface area contributed by atoms with E-state index in [9.17, 15) is 13.2 Å². The number of oxime groups is 1. The summed E-state index contributed by atoms with van der Waals surface area (Å²) in [6.07, 6.45) is -0.588. The van der Waals surface area contributed by atoms with Gasteiger partial charge in [-0.2, -0.15) is 0 Å². The largest absolute Gasteiger partial charge is 0.433 e. The molecule has 7 heteroatoms. The molecule has 0 rings (SSSR count). The number of nitrogens with one attached hydrogen (secondary N) is 1. The second-order valence-corrected chi connectivity index (χ2v) is 4.65. The van der Waals surface area contributed by atoms with Crippen molar-refractivity contribution in [2.45, 2.75) is 20.3 Å². The van der Waals surface area contributed by atoms with Gasteiger partial charge in [0, 0.05) is 13.5 Å². The van der Waals surface area contributed by atoms with E-state index in [-0.39, 0.29) is 17.2 Å². The Labute approximate surface area is 83.2 Å². The van der Waals surface area contributed by atoms with E-state index in [0.29, 0.717) is 0 Å². The van der Waals surface area contributed by atoms with Crippen molar-refractivity contribution >= 4 is 21.0 Å². The number of rotatable bonds is 3. The summed E-state index contributed by atoms with van der Waals surface area (Å²) in [6, 6.07) is 0. The minimum absolute atomic E-state index is 0.0588. The van der Waals surface area contributed by atoms with Crippen LogP contribution in [0.15, 0.2) is 5.16 Å². The summed E-state index contributed by atoms with van der Waals surface area (Å²) in [5.74, 6) is -0.0588. The Morgan fingerprint density at radius 2 is 2.00 bits per heavy atom. The van der Waals surface area contributed by atoms with Gasteiger partial charge in [0.15, 0.2) is 14.9 Å². The summed E-state index contributed by atoms with van der Waals surface area (Å²) in [4.78, 5) is 14.9. The van der Waals surface area contributed by atoms with Crippen LogP contribution in [0.2, 0.25) is 0 Å². The van der Waals surface area contributed by atoms with Gasteiger partial charge < -0.3 is 5.32 Å². The highest BCUT2D eigenvalue weighted by atomic mass is 32.2. The van der Waals surface area contributed by atoms with E-state index >= 15 is 0 Å². The van der Waals surface area contributed by atoms with E-state index in [0.717, 1.165) is 0 Å². The SMILES string of the molecule is CCC(=NOC(=O)NC)S(=O)(=O)CC. The van der Waals surface area contributed by atoms with Gasteiger partial charge in [-0.1, -0.05) is 19.0 Å². The Bertz CT molecular complexity index is 321. The van der Waals surface area contributed by atoms with Crippen molar-refractivity contribution in [1.29, 1.82) is 0 Å². The molecule has 0 saturated carbocycles. The summed E-state index contributed by atoms with van der Waals surface area (Å²) in [5.41, 5.74) is 0. The van der Waals surface area contributed by atoms with Crippen molar-refractivity contribution in [3.8, 4) is 0 Å². The zero-order chi connectivity index (χ0) is 11.2. The first kappa shape index (κ1) is 12.9. The van der Waals surface area contributed by atoms with E-state index in [1.165, 1.54) is 14.0 Å². The molecule has 0 heterocycles. The second kappa shape index (κ2) is 5.58. The fraction of sp³-hybridized carbons (Fsp3) is 0.714. The molecular formula is C7H14N2O4S. The monoisotopic (exact) mass is 222 g/mol. The number of hydrogen-bond donors (Lipinski definition) is 1. The van der Waals surface area contributed by atoms with Gasteiger partial charge >= 0.3 is 6.09 Å². The third kappa shape index (κ3) is 3.73. The number of carbonyl (C=O) groups excluding carboxylic acids is 1. The molecule has 0 fully saturated rings. The summed E-state index contributed by atoms with van der Waals surface area (Å²) in [7, 11) is -2.01. The molecule has 0 aliphatic heterocycles. The minimum Gasteiger partial charge on any atom is -0.323 e. The van der Waals surface area contributed by atoms with Crippen LogP contribution in [0.3, 0.4) is 0 Å². The van der Waals surface area contributed by atoms with Crippen molar-refractivity contribution in [3.05, 3.63) is 0 Å². The van der Waals surface area contributed by atoms with Crippen LogP contribution in [0.25, 0.3) is 0 Å². The molecule has 0 aromatic rings. The fourth-order valence-electron chi connectivity index (χ4n) is 0.646. The molecule has 0 aromatic carbocycles. The van der Waals surface area contributed by atoms with Crippen LogP contribution in [-0.4, -0.2) is 32.4 Å². The number of amides is 1. The van der Waals surface area contributed by atoms with E-state index in [2.05, 4.69) is 15.3 Å². The molecule has 0 unspecified atom stereocenters. The fourth-order valence-corrected chi connectivity index (χ4v) is 1.57. The quantitative estimate of drug-likeness (QED) is 0.326. The summed E-state index contributed by atoms with van der Waals surface area (Å²) in [5, 5.41) is 5.30. The minimum atomic E-state index is -3.37. The average molecular weight is 222 g/mol. The summed E-state index contributed by atoms with van der Waals surface area (Å²) >= 11 is 0. The Hall–Kier alpha value is -1.11. The number of hydrogen-bond acceptors (Lipinski definition) is 5. The molecule has 6 nitrogen and oxygen atoms in total. The Kier molecular flexibility index (Phi) is 5.14. The maximum absolute atomic E-state index is 11.3. The predicted molar refractivity (Wildman–Crippen MR) is 52.7 cm³/mol. The zero-order valence-electron chi connectivity index (χ0n) is 8.40. The lowest BCUT2D eigenvalue weighted by Gasteiger charge is -2.02. The van der Waals surface area contributed by atoms with E-state index < -0.39 is 15.9 Å². The summed E-state index contributed by atoms with van der Waals surface area (Å²) < 4.78 is 22.6. The van der Waals surface area contributed by atoms with Gasteiger partial charge in [-0.15, -0.1) is 0 Å². The molecule has 82 valence electrons. The second-order valence-electron chi connectivity index (χ2n) is 2.37. The average Bonchev–Trinajstić information content (AvgIpc) is 2.18. The van der Waals surface area contributed by atoms with Crippen molar-refractivity contribution in [3.63, 3.8) is 0 Å². The van der Waals surface area contributed by atoms with Crippen LogP contribution in [0.1, 0.15) is 20.3 Å². The molecular weight excluding hydrogens is 208 g/mol. The van der Waals surface area contributed by atoms with Gasteiger partial charge in [0.1, 0.15) is 0 Å². The first-order chi connectivity index (χ1) is 6.47. The molecule has 0 aliphatic carbocycles. The van der Waals surface area contributed by atoms with Gasteiger partial charge in [-0.3, -0.25) is 4.84 Å². The van der Waals surface area contributed by atoms with Crippen molar-refractivity contribution in [2.24, 2.45) is 5.16 Å². The lowest BCUT2D eigenvalue weighted by atomic mass is 10.5. The molecule has 1 N–H and O–H groups in total. The highest BCUT2D eigenvalue weighted by Crippen LogP contribution is 2.00. The number of carbonyl (C=O) groups is 1. The predicted octanol–water partition coefficient (Wildman–Crippen LogP) is 0.501. The van der Waals surface area contributed by atoms with Crippen molar-refractivity contribution in [2.75, 3.05) is 12.8 Å². The molecule has 0 atom stereocenters. The molecule has 1 amide bonds. The van der Waals surface area contributed by atoms with Crippen LogP contribution in [0, 0.1) is 0 Å². The Balaban J connectivity index is 4.65. The molecule has 0 aromatic heterocycles. The highest BCUT2D eigenvalue weighted by Gasteiger charge is 2.16. The van der Waals surface area contributed by atoms with Gasteiger partial charge in [0.05, 0.1) is 5.75 Å². The van der Waals surface area contributed by atoms with Crippen molar-refractivity contribution < 1.29 is 18.0 Å². The topological polar surface area (TPSA) is 84.8 Å². The molecule has 0 bridgehead atoms. The zero-order valence-corrected chi connectivity index (χ0v) is 9.22. The summed E-state index contributed by atoms with van der Waals surface area (Å²) in [6.45, 7) is 3.12. The molecule has 0 aliphatic rings. The third-order valence-corrected chi connectivity index (χ3v) is 3.32. The Morgan fingerprint density at radius 1 is 1.43 bits per heavy atom. The van der Waals surface area contributed by atoms with Crippen LogP contribution in [-0.2, 0) is 14.7 Å².